The quantitative estimate of drug-likeness (QED) is 0.804. The third kappa shape index (κ3) is 5.00. The summed E-state index contributed by atoms with van der Waals surface area (Å²) in [5.74, 6) is 0.764. The molecule has 2 atom stereocenters. The van der Waals surface area contributed by atoms with Crippen LogP contribution >= 0.6 is 0 Å². The van der Waals surface area contributed by atoms with E-state index in [1.54, 1.807) is 6.26 Å². The van der Waals surface area contributed by atoms with E-state index in [-0.39, 0.29) is 0 Å². The van der Waals surface area contributed by atoms with Crippen molar-refractivity contribution in [3.8, 4) is 0 Å². The molecule has 1 N–H and O–H groups in total. The number of nitrogens with one attached hydrogen (secondary N) is 1. The van der Waals surface area contributed by atoms with Crippen LogP contribution in [-0.2, 0) is 23.9 Å². The van der Waals surface area contributed by atoms with Gasteiger partial charge in [0, 0.05) is 41.9 Å². The Hall–Kier alpha value is -0.680. The van der Waals surface area contributed by atoms with Crippen molar-refractivity contribution in [2.45, 2.75) is 46.3 Å². The Morgan fingerprint density at radius 3 is 2.88 bits per heavy atom. The van der Waals surface area contributed by atoms with Crippen LogP contribution in [0.1, 0.15) is 31.7 Å². The van der Waals surface area contributed by atoms with E-state index in [0.29, 0.717) is 6.04 Å². The van der Waals surface area contributed by atoms with Crippen LogP contribution < -0.4 is 5.32 Å². The summed E-state index contributed by atoms with van der Waals surface area (Å²) >= 11 is 0. The number of rotatable bonds is 7. The molecule has 0 saturated carbocycles. The Bertz CT molecular complexity index is 376. The molecule has 0 saturated heterocycles. The summed E-state index contributed by atoms with van der Waals surface area (Å²) in [6.45, 7) is 7.97. The summed E-state index contributed by atoms with van der Waals surface area (Å²) in [6, 6.07) is 2.50. The predicted octanol–water partition coefficient (Wildman–Crippen LogP) is 1.46. The van der Waals surface area contributed by atoms with E-state index in [2.05, 4.69) is 30.3 Å². The van der Waals surface area contributed by atoms with Gasteiger partial charge in [-0.05, 0) is 33.3 Å². The van der Waals surface area contributed by atoms with E-state index < -0.39 is 10.8 Å². The highest BCUT2D eigenvalue weighted by atomic mass is 32.2. The van der Waals surface area contributed by atoms with E-state index in [9.17, 15) is 4.21 Å². The van der Waals surface area contributed by atoms with Crippen LogP contribution in [0, 0.1) is 6.92 Å². The van der Waals surface area contributed by atoms with Gasteiger partial charge in [-0.1, -0.05) is 0 Å². The number of aryl methyl sites for hydroxylation is 2. The lowest BCUT2D eigenvalue weighted by Gasteiger charge is -2.13. The fourth-order valence-corrected chi connectivity index (χ4v) is 2.42. The average Bonchev–Trinajstić information content (AvgIpc) is 2.64. The monoisotopic (exact) mass is 257 g/mol. The topological polar surface area (TPSA) is 46.9 Å². The zero-order valence-corrected chi connectivity index (χ0v) is 12.0. The van der Waals surface area contributed by atoms with Gasteiger partial charge in [0.1, 0.15) is 0 Å². The fourth-order valence-electron chi connectivity index (χ4n) is 1.74. The highest BCUT2D eigenvalue weighted by Crippen LogP contribution is 2.04. The standard InChI is InChI=1S/C12H23N3OS/c1-5-15-12(8-11(3)14-15)9-13-10(2)6-7-17(4)16/h8,10,13H,5-7,9H2,1-4H3. The molecule has 1 aromatic heterocycles. The number of aromatic nitrogens is 2. The van der Waals surface area contributed by atoms with Crippen molar-refractivity contribution in [2.75, 3.05) is 12.0 Å². The van der Waals surface area contributed by atoms with Crippen molar-refractivity contribution in [3.63, 3.8) is 0 Å². The molecule has 4 nitrogen and oxygen atoms in total. The van der Waals surface area contributed by atoms with Crippen molar-refractivity contribution in [1.29, 1.82) is 0 Å². The van der Waals surface area contributed by atoms with E-state index in [1.807, 2.05) is 11.6 Å². The summed E-state index contributed by atoms with van der Waals surface area (Å²) in [7, 11) is -0.694. The number of hydrogen-bond donors (Lipinski definition) is 1. The second-order valence-corrected chi connectivity index (χ2v) is 6.00. The van der Waals surface area contributed by atoms with Gasteiger partial charge in [-0.2, -0.15) is 5.10 Å². The third-order valence-electron chi connectivity index (χ3n) is 2.75. The summed E-state index contributed by atoms with van der Waals surface area (Å²) < 4.78 is 13.0. The molecule has 0 radical (unpaired) electrons. The molecule has 5 heteroatoms. The minimum absolute atomic E-state index is 0.388. The van der Waals surface area contributed by atoms with Crippen LogP contribution in [0.15, 0.2) is 6.07 Å². The van der Waals surface area contributed by atoms with Crippen molar-refractivity contribution < 1.29 is 4.21 Å². The van der Waals surface area contributed by atoms with Gasteiger partial charge in [-0.25, -0.2) is 0 Å². The molecule has 1 rings (SSSR count). The summed E-state index contributed by atoms with van der Waals surface area (Å²) in [5.41, 5.74) is 2.28. The third-order valence-corrected chi connectivity index (χ3v) is 3.57. The maximum atomic E-state index is 11.0. The van der Waals surface area contributed by atoms with Gasteiger partial charge in [-0.15, -0.1) is 0 Å². The van der Waals surface area contributed by atoms with E-state index in [4.69, 9.17) is 0 Å². The summed E-state index contributed by atoms with van der Waals surface area (Å²) in [5, 5.41) is 7.86. The fraction of sp³-hybridized carbons (Fsp3) is 0.750. The molecule has 98 valence electrons. The number of nitrogens with zero attached hydrogens (tertiary/aromatic N) is 2. The highest BCUT2D eigenvalue weighted by Gasteiger charge is 2.06. The molecule has 0 spiro atoms. The van der Waals surface area contributed by atoms with Gasteiger partial charge in [-0.3, -0.25) is 8.89 Å². The minimum Gasteiger partial charge on any atom is -0.309 e. The minimum atomic E-state index is -0.694. The van der Waals surface area contributed by atoms with Gasteiger partial charge >= 0.3 is 0 Å². The van der Waals surface area contributed by atoms with Crippen molar-refractivity contribution >= 4 is 10.8 Å². The summed E-state index contributed by atoms with van der Waals surface area (Å²) in [4.78, 5) is 0. The second kappa shape index (κ2) is 6.91. The maximum Gasteiger partial charge on any atom is 0.0597 e. The molecule has 2 unspecified atom stereocenters. The molecular formula is C12H23N3OS. The lowest BCUT2D eigenvalue weighted by Crippen LogP contribution is -2.28. The zero-order chi connectivity index (χ0) is 12.8. The van der Waals surface area contributed by atoms with E-state index in [0.717, 1.165) is 31.0 Å². The van der Waals surface area contributed by atoms with Gasteiger partial charge in [0.2, 0.25) is 0 Å². The molecule has 0 aliphatic rings. The van der Waals surface area contributed by atoms with E-state index >= 15 is 0 Å². The molecule has 0 amide bonds. The van der Waals surface area contributed by atoms with Crippen LogP contribution in [-0.4, -0.2) is 32.0 Å². The highest BCUT2D eigenvalue weighted by molar-refractivity contribution is 7.84. The lowest BCUT2D eigenvalue weighted by molar-refractivity contribution is 0.507. The molecular weight excluding hydrogens is 234 g/mol. The summed E-state index contributed by atoms with van der Waals surface area (Å²) in [6.07, 6.45) is 2.70. The average molecular weight is 257 g/mol. The van der Waals surface area contributed by atoms with Crippen molar-refractivity contribution in [3.05, 3.63) is 17.5 Å². The molecule has 0 fully saturated rings. The molecule has 1 heterocycles. The van der Waals surface area contributed by atoms with Gasteiger partial charge in [0.25, 0.3) is 0 Å². The SMILES string of the molecule is CCn1nc(C)cc1CNC(C)CCS(C)=O. The molecule has 0 aliphatic carbocycles. The lowest BCUT2D eigenvalue weighted by atomic mass is 10.2. The maximum absolute atomic E-state index is 11.0. The van der Waals surface area contributed by atoms with Gasteiger partial charge in [0.05, 0.1) is 11.4 Å². The Balaban J connectivity index is 2.41. The molecule has 17 heavy (non-hydrogen) atoms. The Morgan fingerprint density at radius 2 is 2.29 bits per heavy atom. The van der Waals surface area contributed by atoms with Crippen LogP contribution in [0.25, 0.3) is 0 Å². The molecule has 0 bridgehead atoms. The van der Waals surface area contributed by atoms with Crippen molar-refractivity contribution in [2.24, 2.45) is 0 Å². The van der Waals surface area contributed by atoms with Gasteiger partial charge < -0.3 is 5.32 Å². The first-order valence-electron chi connectivity index (χ1n) is 6.09. The molecule has 0 aliphatic heterocycles. The second-order valence-electron chi connectivity index (χ2n) is 4.44. The Labute approximate surface area is 106 Å². The first-order valence-corrected chi connectivity index (χ1v) is 7.82. The number of hydrogen-bond acceptors (Lipinski definition) is 3. The van der Waals surface area contributed by atoms with Crippen LogP contribution in [0.5, 0.6) is 0 Å². The normalized spacial score (nSPS) is 14.8. The van der Waals surface area contributed by atoms with Gasteiger partial charge in [0.15, 0.2) is 0 Å². The first kappa shape index (κ1) is 14.4. The van der Waals surface area contributed by atoms with Crippen LogP contribution in [0.2, 0.25) is 0 Å². The van der Waals surface area contributed by atoms with E-state index in [1.165, 1.54) is 5.69 Å². The first-order chi connectivity index (χ1) is 8.02. The molecule has 1 aromatic rings. The molecule has 0 aromatic carbocycles. The van der Waals surface area contributed by atoms with Crippen molar-refractivity contribution in [1.82, 2.24) is 15.1 Å². The predicted molar refractivity (Wildman–Crippen MR) is 72.5 cm³/mol. The Morgan fingerprint density at radius 1 is 1.59 bits per heavy atom. The largest absolute Gasteiger partial charge is 0.309 e. The van der Waals surface area contributed by atoms with Crippen LogP contribution in [0.3, 0.4) is 0 Å². The zero-order valence-electron chi connectivity index (χ0n) is 11.2. The smallest absolute Gasteiger partial charge is 0.0597 e. The Kier molecular flexibility index (Phi) is 5.85. The van der Waals surface area contributed by atoms with Crippen LogP contribution in [0.4, 0.5) is 0 Å².